The Bertz CT molecular complexity index is 601. The Morgan fingerprint density at radius 1 is 1.18 bits per heavy atom. The number of aliphatic hydroxyl groups excluding tert-OH is 1. The maximum Gasteiger partial charge on any atom is 0.410 e. The van der Waals surface area contributed by atoms with Gasteiger partial charge in [-0.3, -0.25) is 0 Å². The molecule has 0 saturated heterocycles. The molecule has 0 unspecified atom stereocenters. The molecule has 0 fully saturated rings. The van der Waals surface area contributed by atoms with Crippen LogP contribution in [0.5, 0.6) is 0 Å². The van der Waals surface area contributed by atoms with Gasteiger partial charge in [0, 0.05) is 12.1 Å². The van der Waals surface area contributed by atoms with E-state index in [1.807, 2.05) is 30.3 Å². The molecule has 0 aliphatic heterocycles. The fraction of sp³-hybridized carbons (Fsp3) is 0.235. The predicted molar refractivity (Wildman–Crippen MR) is 85.7 cm³/mol. The SMILES string of the molecule is CN(C(=O)OCc1ccccc1)[C@@H](CO)c1ccc(Cl)cc1. The molecule has 116 valence electrons. The number of benzene rings is 2. The molecule has 0 aliphatic rings. The first-order valence-electron chi connectivity index (χ1n) is 6.91. The van der Waals surface area contributed by atoms with Crippen LogP contribution in [0.15, 0.2) is 54.6 Å². The van der Waals surface area contributed by atoms with Crippen molar-refractivity contribution in [1.82, 2.24) is 4.90 Å². The van der Waals surface area contributed by atoms with Crippen molar-refractivity contribution in [3.63, 3.8) is 0 Å². The molecule has 0 heterocycles. The van der Waals surface area contributed by atoms with E-state index in [0.29, 0.717) is 5.02 Å². The molecule has 2 aromatic carbocycles. The minimum Gasteiger partial charge on any atom is -0.445 e. The van der Waals surface area contributed by atoms with E-state index in [0.717, 1.165) is 11.1 Å². The number of halogens is 1. The standard InChI is InChI=1S/C17H18ClNO3/c1-19(16(11-20)14-7-9-15(18)10-8-14)17(21)22-12-13-5-3-2-4-6-13/h2-10,16,20H,11-12H2,1H3/t16-/m0/s1. The monoisotopic (exact) mass is 319 g/mol. The van der Waals surface area contributed by atoms with Gasteiger partial charge in [-0.15, -0.1) is 0 Å². The Labute approximate surface area is 134 Å². The lowest BCUT2D eigenvalue weighted by Crippen LogP contribution is -2.33. The smallest absolute Gasteiger partial charge is 0.410 e. The minimum absolute atomic E-state index is 0.196. The summed E-state index contributed by atoms with van der Waals surface area (Å²) in [4.78, 5) is 13.5. The molecule has 0 aliphatic carbocycles. The summed E-state index contributed by atoms with van der Waals surface area (Å²) >= 11 is 5.85. The van der Waals surface area contributed by atoms with Gasteiger partial charge in [-0.05, 0) is 23.3 Å². The third-order valence-corrected chi connectivity index (χ3v) is 3.64. The quantitative estimate of drug-likeness (QED) is 0.915. The Morgan fingerprint density at radius 3 is 2.41 bits per heavy atom. The van der Waals surface area contributed by atoms with Crippen LogP contribution in [0.1, 0.15) is 17.2 Å². The van der Waals surface area contributed by atoms with Gasteiger partial charge < -0.3 is 14.7 Å². The topological polar surface area (TPSA) is 49.8 Å². The third kappa shape index (κ3) is 4.23. The van der Waals surface area contributed by atoms with Gasteiger partial charge in [-0.1, -0.05) is 54.1 Å². The van der Waals surface area contributed by atoms with E-state index in [2.05, 4.69) is 0 Å². The van der Waals surface area contributed by atoms with E-state index in [1.54, 1.807) is 31.3 Å². The molecule has 1 amide bonds. The van der Waals surface area contributed by atoms with E-state index in [4.69, 9.17) is 16.3 Å². The summed E-state index contributed by atoms with van der Waals surface area (Å²) < 4.78 is 5.27. The summed E-state index contributed by atoms with van der Waals surface area (Å²) in [5.74, 6) is 0. The fourth-order valence-electron chi connectivity index (χ4n) is 2.08. The van der Waals surface area contributed by atoms with Gasteiger partial charge in [0.05, 0.1) is 12.6 Å². The van der Waals surface area contributed by atoms with Crippen LogP contribution in [0.4, 0.5) is 4.79 Å². The van der Waals surface area contributed by atoms with Gasteiger partial charge >= 0.3 is 6.09 Å². The summed E-state index contributed by atoms with van der Waals surface area (Å²) in [6.07, 6.45) is -0.488. The lowest BCUT2D eigenvalue weighted by Gasteiger charge is -2.26. The number of likely N-dealkylation sites (N-methyl/N-ethyl adjacent to an activating group) is 1. The number of rotatable bonds is 5. The predicted octanol–water partition coefficient (Wildman–Crippen LogP) is 3.64. The number of carbonyl (C=O) groups excluding carboxylic acids is 1. The Kier molecular flexibility index (Phi) is 5.81. The van der Waals surface area contributed by atoms with Gasteiger partial charge in [0.1, 0.15) is 6.61 Å². The molecular formula is C17H18ClNO3. The normalized spacial score (nSPS) is 11.8. The van der Waals surface area contributed by atoms with Crippen molar-refractivity contribution in [2.24, 2.45) is 0 Å². The van der Waals surface area contributed by atoms with Crippen LogP contribution in [0.25, 0.3) is 0 Å². The Balaban J connectivity index is 1.99. The van der Waals surface area contributed by atoms with Gasteiger partial charge in [0.2, 0.25) is 0 Å². The van der Waals surface area contributed by atoms with Crippen LogP contribution in [-0.4, -0.2) is 29.8 Å². The fourth-order valence-corrected chi connectivity index (χ4v) is 2.21. The molecular weight excluding hydrogens is 302 g/mol. The second-order valence-corrected chi connectivity index (χ2v) is 5.34. The first-order valence-corrected chi connectivity index (χ1v) is 7.29. The summed E-state index contributed by atoms with van der Waals surface area (Å²) in [5.41, 5.74) is 1.71. The van der Waals surface area contributed by atoms with Crippen molar-refractivity contribution in [2.45, 2.75) is 12.6 Å². The number of amides is 1. The molecule has 0 radical (unpaired) electrons. The van der Waals surface area contributed by atoms with E-state index >= 15 is 0 Å². The van der Waals surface area contributed by atoms with E-state index in [9.17, 15) is 9.90 Å². The number of aliphatic hydroxyl groups is 1. The van der Waals surface area contributed by atoms with Gasteiger partial charge in [-0.2, -0.15) is 0 Å². The van der Waals surface area contributed by atoms with Gasteiger partial charge in [-0.25, -0.2) is 4.79 Å². The van der Waals surface area contributed by atoms with Gasteiger partial charge in [0.15, 0.2) is 0 Å². The molecule has 1 N–H and O–H groups in total. The van der Waals surface area contributed by atoms with Crippen LogP contribution < -0.4 is 0 Å². The van der Waals surface area contributed by atoms with Crippen molar-refractivity contribution in [3.8, 4) is 0 Å². The summed E-state index contributed by atoms with van der Waals surface area (Å²) in [6, 6.07) is 16.0. The number of hydrogen-bond donors (Lipinski definition) is 1. The Morgan fingerprint density at radius 2 is 1.82 bits per heavy atom. The van der Waals surface area contributed by atoms with Crippen molar-refractivity contribution in [3.05, 3.63) is 70.7 Å². The van der Waals surface area contributed by atoms with Crippen LogP contribution in [0.3, 0.4) is 0 Å². The molecule has 5 heteroatoms. The maximum absolute atomic E-state index is 12.1. The third-order valence-electron chi connectivity index (χ3n) is 3.39. The average molecular weight is 320 g/mol. The summed E-state index contributed by atoms with van der Waals surface area (Å²) in [5, 5.41) is 10.2. The number of carbonyl (C=O) groups is 1. The number of ether oxygens (including phenoxy) is 1. The van der Waals surface area contributed by atoms with Crippen LogP contribution in [0, 0.1) is 0 Å². The van der Waals surface area contributed by atoms with Gasteiger partial charge in [0.25, 0.3) is 0 Å². The molecule has 2 aromatic rings. The zero-order chi connectivity index (χ0) is 15.9. The highest BCUT2D eigenvalue weighted by Crippen LogP contribution is 2.21. The summed E-state index contributed by atoms with van der Waals surface area (Å²) in [6.45, 7) is 0.00134. The minimum atomic E-state index is -0.488. The highest BCUT2D eigenvalue weighted by Gasteiger charge is 2.22. The van der Waals surface area contributed by atoms with Crippen molar-refractivity contribution in [2.75, 3.05) is 13.7 Å². The Hall–Kier alpha value is -2.04. The van der Waals surface area contributed by atoms with Crippen molar-refractivity contribution < 1.29 is 14.6 Å². The zero-order valence-electron chi connectivity index (χ0n) is 12.3. The molecule has 0 aromatic heterocycles. The summed E-state index contributed by atoms with van der Waals surface area (Å²) in [7, 11) is 1.60. The van der Waals surface area contributed by atoms with Crippen LogP contribution >= 0.6 is 11.6 Å². The number of nitrogens with zero attached hydrogens (tertiary/aromatic N) is 1. The molecule has 0 saturated carbocycles. The van der Waals surface area contributed by atoms with Crippen LogP contribution in [0.2, 0.25) is 5.02 Å². The lowest BCUT2D eigenvalue weighted by atomic mass is 10.1. The lowest BCUT2D eigenvalue weighted by molar-refractivity contribution is 0.0759. The highest BCUT2D eigenvalue weighted by molar-refractivity contribution is 6.30. The van der Waals surface area contributed by atoms with E-state index < -0.39 is 12.1 Å². The van der Waals surface area contributed by atoms with E-state index in [-0.39, 0.29) is 13.2 Å². The molecule has 22 heavy (non-hydrogen) atoms. The molecule has 0 bridgehead atoms. The average Bonchev–Trinajstić information content (AvgIpc) is 2.56. The highest BCUT2D eigenvalue weighted by atomic mass is 35.5. The van der Waals surface area contributed by atoms with E-state index in [1.165, 1.54) is 4.90 Å². The largest absolute Gasteiger partial charge is 0.445 e. The molecule has 0 spiro atoms. The first kappa shape index (κ1) is 16.3. The molecule has 2 rings (SSSR count). The number of hydrogen-bond acceptors (Lipinski definition) is 3. The second-order valence-electron chi connectivity index (χ2n) is 4.90. The zero-order valence-corrected chi connectivity index (χ0v) is 13.0. The van der Waals surface area contributed by atoms with Crippen molar-refractivity contribution in [1.29, 1.82) is 0 Å². The first-order chi connectivity index (χ1) is 10.6. The molecule has 1 atom stereocenters. The van der Waals surface area contributed by atoms with Crippen LogP contribution in [-0.2, 0) is 11.3 Å². The molecule has 4 nitrogen and oxygen atoms in total. The maximum atomic E-state index is 12.1. The second kappa shape index (κ2) is 7.82. The van der Waals surface area contributed by atoms with Crippen molar-refractivity contribution >= 4 is 17.7 Å².